The summed E-state index contributed by atoms with van der Waals surface area (Å²) in [7, 11) is 2.10. The van der Waals surface area contributed by atoms with Crippen LogP contribution in [0.4, 0.5) is 0 Å². The zero-order valence-corrected chi connectivity index (χ0v) is 11.8. The summed E-state index contributed by atoms with van der Waals surface area (Å²) >= 11 is 0. The molecule has 2 unspecified atom stereocenters. The Morgan fingerprint density at radius 3 is 2.78 bits per heavy atom. The van der Waals surface area contributed by atoms with Gasteiger partial charge in [-0.05, 0) is 46.7 Å². The lowest BCUT2D eigenvalue weighted by molar-refractivity contribution is -0.131. The number of ether oxygens (including phenoxy) is 1. The summed E-state index contributed by atoms with van der Waals surface area (Å²) in [6.45, 7) is 6.54. The first-order chi connectivity index (χ1) is 8.54. The van der Waals surface area contributed by atoms with E-state index in [4.69, 9.17) is 10.5 Å². The van der Waals surface area contributed by atoms with Crippen LogP contribution >= 0.6 is 0 Å². The standard InChI is InChI=1S/C13H27N3O2/c1-10(2)16(3)8-4-7-15-13(17)12-6-5-11(9-14)18-12/h10-12H,4-9,14H2,1-3H3,(H,15,17). The van der Waals surface area contributed by atoms with E-state index in [0.717, 1.165) is 25.8 Å². The average Bonchev–Trinajstić information content (AvgIpc) is 2.82. The summed E-state index contributed by atoms with van der Waals surface area (Å²) < 4.78 is 5.54. The third-order valence-electron chi connectivity index (χ3n) is 3.53. The largest absolute Gasteiger partial charge is 0.364 e. The lowest BCUT2D eigenvalue weighted by Crippen LogP contribution is -2.37. The fourth-order valence-corrected chi connectivity index (χ4v) is 1.98. The first kappa shape index (κ1) is 15.4. The second kappa shape index (κ2) is 7.71. The molecule has 18 heavy (non-hydrogen) atoms. The van der Waals surface area contributed by atoms with E-state index in [1.165, 1.54) is 0 Å². The van der Waals surface area contributed by atoms with E-state index in [9.17, 15) is 4.79 Å². The van der Waals surface area contributed by atoms with Crippen molar-refractivity contribution in [2.75, 3.05) is 26.7 Å². The summed E-state index contributed by atoms with van der Waals surface area (Å²) in [5.74, 6) is 0.0122. The Balaban J connectivity index is 2.11. The first-order valence-corrected chi connectivity index (χ1v) is 6.88. The molecule has 0 aromatic carbocycles. The molecule has 0 radical (unpaired) electrons. The van der Waals surface area contributed by atoms with Gasteiger partial charge in [0.1, 0.15) is 6.10 Å². The fourth-order valence-electron chi connectivity index (χ4n) is 1.98. The molecule has 1 aliphatic heterocycles. The topological polar surface area (TPSA) is 67.6 Å². The molecule has 1 aliphatic rings. The van der Waals surface area contributed by atoms with Gasteiger partial charge in [-0.15, -0.1) is 0 Å². The summed E-state index contributed by atoms with van der Waals surface area (Å²) in [5, 5.41) is 2.93. The summed E-state index contributed by atoms with van der Waals surface area (Å²) in [5.41, 5.74) is 5.52. The molecule has 0 saturated carbocycles. The van der Waals surface area contributed by atoms with Crippen LogP contribution in [0.1, 0.15) is 33.1 Å². The predicted molar refractivity (Wildman–Crippen MR) is 72.3 cm³/mol. The quantitative estimate of drug-likeness (QED) is 0.645. The van der Waals surface area contributed by atoms with Crippen LogP contribution < -0.4 is 11.1 Å². The molecule has 0 aromatic rings. The van der Waals surface area contributed by atoms with E-state index in [1.807, 2.05) is 0 Å². The number of nitrogens with two attached hydrogens (primary N) is 1. The minimum atomic E-state index is -0.290. The molecule has 5 nitrogen and oxygen atoms in total. The molecule has 3 N–H and O–H groups in total. The van der Waals surface area contributed by atoms with Crippen molar-refractivity contribution in [1.29, 1.82) is 0 Å². The molecule has 2 atom stereocenters. The van der Waals surface area contributed by atoms with E-state index < -0.39 is 0 Å². The third kappa shape index (κ3) is 4.92. The molecule has 1 saturated heterocycles. The minimum Gasteiger partial charge on any atom is -0.364 e. The second-order valence-corrected chi connectivity index (χ2v) is 5.28. The van der Waals surface area contributed by atoms with Crippen LogP contribution in [0.25, 0.3) is 0 Å². The minimum absolute atomic E-state index is 0.0122. The number of amides is 1. The number of nitrogens with zero attached hydrogens (tertiary/aromatic N) is 1. The van der Waals surface area contributed by atoms with E-state index in [2.05, 4.69) is 31.1 Å². The molecule has 1 fully saturated rings. The number of nitrogens with one attached hydrogen (secondary N) is 1. The number of carbonyl (C=O) groups excluding carboxylic acids is 1. The van der Waals surface area contributed by atoms with Gasteiger partial charge in [0.15, 0.2) is 0 Å². The van der Waals surface area contributed by atoms with Gasteiger partial charge in [-0.2, -0.15) is 0 Å². The SMILES string of the molecule is CC(C)N(C)CCCNC(=O)C1CCC(CN)O1. The molecular formula is C13H27N3O2. The lowest BCUT2D eigenvalue weighted by Gasteiger charge is -2.21. The lowest BCUT2D eigenvalue weighted by atomic mass is 10.2. The molecule has 0 spiro atoms. The zero-order chi connectivity index (χ0) is 13.5. The predicted octanol–water partition coefficient (Wildman–Crippen LogP) is 0.339. The summed E-state index contributed by atoms with van der Waals surface area (Å²) in [4.78, 5) is 14.1. The van der Waals surface area contributed by atoms with Gasteiger partial charge in [0.05, 0.1) is 6.10 Å². The highest BCUT2D eigenvalue weighted by Gasteiger charge is 2.29. The Kier molecular flexibility index (Phi) is 6.60. The van der Waals surface area contributed by atoms with Crippen molar-refractivity contribution in [3.63, 3.8) is 0 Å². The van der Waals surface area contributed by atoms with E-state index >= 15 is 0 Å². The van der Waals surface area contributed by atoms with E-state index in [0.29, 0.717) is 19.1 Å². The number of rotatable bonds is 7. The molecule has 1 rings (SSSR count). The molecule has 0 aromatic heterocycles. The van der Waals surface area contributed by atoms with Crippen LogP contribution in [0.2, 0.25) is 0 Å². The van der Waals surface area contributed by atoms with Gasteiger partial charge in [0, 0.05) is 19.1 Å². The van der Waals surface area contributed by atoms with Crippen molar-refractivity contribution in [1.82, 2.24) is 10.2 Å². The number of hydrogen-bond acceptors (Lipinski definition) is 4. The van der Waals surface area contributed by atoms with Crippen LogP contribution in [0.3, 0.4) is 0 Å². The van der Waals surface area contributed by atoms with Gasteiger partial charge in [0.2, 0.25) is 5.91 Å². The molecule has 106 valence electrons. The Labute approximate surface area is 110 Å². The van der Waals surface area contributed by atoms with Crippen molar-refractivity contribution >= 4 is 5.91 Å². The molecule has 0 aliphatic carbocycles. The highest BCUT2D eigenvalue weighted by Crippen LogP contribution is 2.18. The number of hydrogen-bond donors (Lipinski definition) is 2. The van der Waals surface area contributed by atoms with Crippen molar-refractivity contribution in [2.24, 2.45) is 5.73 Å². The fraction of sp³-hybridized carbons (Fsp3) is 0.923. The van der Waals surface area contributed by atoms with Gasteiger partial charge >= 0.3 is 0 Å². The summed E-state index contributed by atoms with van der Waals surface area (Å²) in [6.07, 6.45) is 2.42. The maximum atomic E-state index is 11.8. The monoisotopic (exact) mass is 257 g/mol. The molecule has 1 amide bonds. The van der Waals surface area contributed by atoms with Crippen molar-refractivity contribution < 1.29 is 9.53 Å². The van der Waals surface area contributed by atoms with Crippen LogP contribution in [0.5, 0.6) is 0 Å². The van der Waals surface area contributed by atoms with Crippen LogP contribution in [0.15, 0.2) is 0 Å². The van der Waals surface area contributed by atoms with E-state index in [1.54, 1.807) is 0 Å². The van der Waals surface area contributed by atoms with Gasteiger partial charge < -0.3 is 20.7 Å². The average molecular weight is 257 g/mol. The molecule has 0 bridgehead atoms. The maximum Gasteiger partial charge on any atom is 0.249 e. The molecular weight excluding hydrogens is 230 g/mol. The number of carbonyl (C=O) groups is 1. The van der Waals surface area contributed by atoms with Crippen LogP contribution in [-0.2, 0) is 9.53 Å². The Hall–Kier alpha value is -0.650. The van der Waals surface area contributed by atoms with Crippen molar-refractivity contribution in [2.45, 2.75) is 51.4 Å². The van der Waals surface area contributed by atoms with E-state index in [-0.39, 0.29) is 18.1 Å². The Bertz CT molecular complexity index is 259. The smallest absolute Gasteiger partial charge is 0.249 e. The molecule has 1 heterocycles. The van der Waals surface area contributed by atoms with Gasteiger partial charge in [-0.25, -0.2) is 0 Å². The van der Waals surface area contributed by atoms with Crippen molar-refractivity contribution in [3.8, 4) is 0 Å². The summed E-state index contributed by atoms with van der Waals surface area (Å²) in [6, 6.07) is 0.546. The Morgan fingerprint density at radius 2 is 2.22 bits per heavy atom. The highest BCUT2D eigenvalue weighted by atomic mass is 16.5. The Morgan fingerprint density at radius 1 is 1.50 bits per heavy atom. The second-order valence-electron chi connectivity index (χ2n) is 5.28. The highest BCUT2D eigenvalue weighted by molar-refractivity contribution is 5.80. The first-order valence-electron chi connectivity index (χ1n) is 6.88. The van der Waals surface area contributed by atoms with Crippen LogP contribution in [0, 0.1) is 0 Å². The molecule has 5 heteroatoms. The van der Waals surface area contributed by atoms with Gasteiger partial charge in [-0.3, -0.25) is 4.79 Å². The zero-order valence-electron chi connectivity index (χ0n) is 11.8. The van der Waals surface area contributed by atoms with Crippen molar-refractivity contribution in [3.05, 3.63) is 0 Å². The maximum absolute atomic E-state index is 11.8. The normalized spacial score (nSPS) is 23.9. The van der Waals surface area contributed by atoms with Gasteiger partial charge in [0.25, 0.3) is 0 Å². The van der Waals surface area contributed by atoms with Gasteiger partial charge in [-0.1, -0.05) is 0 Å². The third-order valence-corrected chi connectivity index (χ3v) is 3.53. The van der Waals surface area contributed by atoms with Crippen LogP contribution in [-0.4, -0.2) is 55.7 Å².